The van der Waals surface area contributed by atoms with Crippen molar-refractivity contribution in [2.75, 3.05) is 11.9 Å². The van der Waals surface area contributed by atoms with Gasteiger partial charge in [0.1, 0.15) is 18.0 Å². The molecule has 7 heteroatoms. The highest BCUT2D eigenvalue weighted by Gasteiger charge is 2.14. The summed E-state index contributed by atoms with van der Waals surface area (Å²) < 4.78 is 16.5. The summed E-state index contributed by atoms with van der Waals surface area (Å²) in [5, 5.41) is 13.8. The molecule has 0 atom stereocenters. The van der Waals surface area contributed by atoms with Crippen LogP contribution >= 0.6 is 0 Å². The summed E-state index contributed by atoms with van der Waals surface area (Å²) in [7, 11) is 0. The topological polar surface area (TPSA) is 80.0 Å². The summed E-state index contributed by atoms with van der Waals surface area (Å²) in [6.45, 7) is 9.37. The zero-order chi connectivity index (χ0) is 25.1. The molecular weight excluding hydrogens is 443 g/mol. The fraction of sp³-hybridized carbons (Fsp3) is 0.321. The van der Waals surface area contributed by atoms with Crippen molar-refractivity contribution >= 4 is 22.7 Å². The van der Waals surface area contributed by atoms with Crippen LogP contribution in [0, 0.1) is 25.6 Å². The van der Waals surface area contributed by atoms with Crippen LogP contribution in [0.3, 0.4) is 0 Å². The number of benzene rings is 2. The lowest BCUT2D eigenvalue weighted by Gasteiger charge is -2.12. The highest BCUT2D eigenvalue weighted by atomic mass is 19.1. The minimum atomic E-state index is -0.917. The number of anilines is 1. The van der Waals surface area contributed by atoms with E-state index in [1.807, 2.05) is 36.6 Å². The maximum absolute atomic E-state index is 14.5. The molecule has 2 N–H and O–H groups in total. The number of hydrogen-bond donors (Lipinski definition) is 2. The molecule has 4 rings (SSSR count). The maximum atomic E-state index is 14.5. The van der Waals surface area contributed by atoms with Gasteiger partial charge in [-0.1, -0.05) is 26.0 Å². The Labute approximate surface area is 204 Å². The molecule has 0 amide bonds. The van der Waals surface area contributed by atoms with Crippen LogP contribution in [0.15, 0.2) is 48.8 Å². The summed E-state index contributed by atoms with van der Waals surface area (Å²) in [4.78, 5) is 20.4. The number of carboxylic acid groups (broad SMARTS) is 1. The smallest absolute Gasteiger partial charge is 0.335 e. The Hall–Kier alpha value is -3.74. The monoisotopic (exact) mass is 474 g/mol. The van der Waals surface area contributed by atoms with E-state index in [0.29, 0.717) is 42.3 Å². The van der Waals surface area contributed by atoms with Crippen LogP contribution in [0.2, 0.25) is 0 Å². The first kappa shape index (κ1) is 24.4. The zero-order valence-electron chi connectivity index (χ0n) is 20.6. The van der Waals surface area contributed by atoms with Gasteiger partial charge < -0.3 is 15.0 Å². The number of aryl methyl sites for hydroxylation is 3. The predicted octanol–water partition coefficient (Wildman–Crippen LogP) is 6.25. The minimum absolute atomic E-state index is 0.221. The van der Waals surface area contributed by atoms with Crippen LogP contribution in [0.4, 0.5) is 10.2 Å². The Morgan fingerprint density at radius 3 is 2.66 bits per heavy atom. The standard InChI is InChI=1S/C28H31FN4O2/c1-17(2)5-7-20-14-21(8-9-22(20)28(34)35)25-15-26(32-16-31-25)30-11-12-33-19(4)13-23-18(3)6-10-24(29)27(23)33/h6,8-10,13-17H,5,7,11-12H2,1-4H3,(H,34,35)(H,30,31,32). The van der Waals surface area contributed by atoms with Crippen LogP contribution in [-0.4, -0.2) is 32.2 Å². The maximum Gasteiger partial charge on any atom is 0.335 e. The number of halogens is 1. The van der Waals surface area contributed by atoms with E-state index < -0.39 is 5.97 Å². The molecule has 0 saturated heterocycles. The quantitative estimate of drug-likeness (QED) is 0.300. The van der Waals surface area contributed by atoms with Gasteiger partial charge in [0.15, 0.2) is 0 Å². The first-order valence-corrected chi connectivity index (χ1v) is 11.9. The van der Waals surface area contributed by atoms with Crippen LogP contribution in [-0.2, 0) is 13.0 Å². The van der Waals surface area contributed by atoms with Gasteiger partial charge in [0.25, 0.3) is 0 Å². The molecule has 2 aromatic carbocycles. The minimum Gasteiger partial charge on any atom is -0.478 e. The Morgan fingerprint density at radius 1 is 1.11 bits per heavy atom. The Bertz CT molecular complexity index is 1380. The van der Waals surface area contributed by atoms with Crippen molar-refractivity contribution in [3.63, 3.8) is 0 Å². The fourth-order valence-corrected chi connectivity index (χ4v) is 4.41. The second-order valence-corrected chi connectivity index (χ2v) is 9.39. The molecule has 0 spiro atoms. The molecule has 6 nitrogen and oxygen atoms in total. The van der Waals surface area contributed by atoms with Gasteiger partial charge in [0, 0.05) is 35.8 Å². The number of nitrogens with zero attached hydrogens (tertiary/aromatic N) is 3. The number of carbonyl (C=O) groups is 1. The molecule has 0 radical (unpaired) electrons. The van der Waals surface area contributed by atoms with E-state index >= 15 is 0 Å². The van der Waals surface area contributed by atoms with E-state index in [1.165, 1.54) is 12.4 Å². The third-order valence-corrected chi connectivity index (χ3v) is 6.37. The molecule has 0 aliphatic heterocycles. The fourth-order valence-electron chi connectivity index (χ4n) is 4.41. The summed E-state index contributed by atoms with van der Waals surface area (Å²) in [6.07, 6.45) is 3.10. The van der Waals surface area contributed by atoms with E-state index in [9.17, 15) is 14.3 Å². The van der Waals surface area contributed by atoms with E-state index in [-0.39, 0.29) is 5.82 Å². The molecule has 0 bridgehead atoms. The number of hydrogen-bond acceptors (Lipinski definition) is 4. The molecular formula is C28H31FN4O2. The average molecular weight is 475 g/mol. The highest BCUT2D eigenvalue weighted by Crippen LogP contribution is 2.26. The molecule has 0 aliphatic carbocycles. The van der Waals surface area contributed by atoms with Crippen molar-refractivity contribution in [1.82, 2.24) is 14.5 Å². The normalized spacial score (nSPS) is 11.4. The van der Waals surface area contributed by atoms with Gasteiger partial charge >= 0.3 is 5.97 Å². The van der Waals surface area contributed by atoms with Crippen molar-refractivity contribution in [2.45, 2.75) is 47.1 Å². The number of carboxylic acids is 1. The zero-order valence-corrected chi connectivity index (χ0v) is 20.6. The van der Waals surface area contributed by atoms with Crippen molar-refractivity contribution < 1.29 is 14.3 Å². The van der Waals surface area contributed by atoms with Crippen LogP contribution in [0.1, 0.15) is 47.4 Å². The Kier molecular flexibility index (Phi) is 7.15. The lowest BCUT2D eigenvalue weighted by molar-refractivity contribution is 0.0695. The second kappa shape index (κ2) is 10.3. The van der Waals surface area contributed by atoms with Crippen molar-refractivity contribution in [3.8, 4) is 11.3 Å². The average Bonchev–Trinajstić information content (AvgIpc) is 3.17. The van der Waals surface area contributed by atoms with Gasteiger partial charge in [-0.05, 0) is 68.0 Å². The molecule has 0 fully saturated rings. The van der Waals surface area contributed by atoms with E-state index in [1.54, 1.807) is 18.2 Å². The number of rotatable bonds is 9. The van der Waals surface area contributed by atoms with Crippen molar-refractivity contribution in [2.24, 2.45) is 5.92 Å². The Morgan fingerprint density at radius 2 is 1.91 bits per heavy atom. The summed E-state index contributed by atoms with van der Waals surface area (Å²) in [5.74, 6) is 0.00122. The molecule has 0 saturated carbocycles. The van der Waals surface area contributed by atoms with Gasteiger partial charge in [-0.25, -0.2) is 19.2 Å². The number of aromatic carboxylic acids is 1. The van der Waals surface area contributed by atoms with Crippen LogP contribution < -0.4 is 5.32 Å². The van der Waals surface area contributed by atoms with Crippen LogP contribution in [0.5, 0.6) is 0 Å². The molecule has 2 heterocycles. The Balaban J connectivity index is 1.52. The SMILES string of the molecule is Cc1ccc(F)c2c1cc(C)n2CCNc1cc(-c2ccc(C(=O)O)c(CCC(C)C)c2)ncn1. The third-order valence-electron chi connectivity index (χ3n) is 6.37. The number of fused-ring (bicyclic) bond motifs is 1. The van der Waals surface area contributed by atoms with Gasteiger partial charge in [-0.2, -0.15) is 0 Å². The van der Waals surface area contributed by atoms with Gasteiger partial charge in [0.05, 0.1) is 16.8 Å². The molecule has 182 valence electrons. The molecule has 0 unspecified atom stereocenters. The van der Waals surface area contributed by atoms with Crippen LogP contribution in [0.25, 0.3) is 22.2 Å². The number of nitrogens with one attached hydrogen (secondary N) is 1. The lowest BCUT2D eigenvalue weighted by Crippen LogP contribution is -2.13. The largest absolute Gasteiger partial charge is 0.478 e. The summed E-state index contributed by atoms with van der Waals surface area (Å²) >= 11 is 0. The predicted molar refractivity (Wildman–Crippen MR) is 137 cm³/mol. The van der Waals surface area contributed by atoms with Crippen molar-refractivity contribution in [3.05, 3.63) is 77.0 Å². The van der Waals surface area contributed by atoms with E-state index in [4.69, 9.17) is 0 Å². The van der Waals surface area contributed by atoms with Gasteiger partial charge in [0.2, 0.25) is 0 Å². The van der Waals surface area contributed by atoms with E-state index in [2.05, 4.69) is 29.1 Å². The highest BCUT2D eigenvalue weighted by molar-refractivity contribution is 5.90. The number of aromatic nitrogens is 3. The molecule has 0 aliphatic rings. The first-order chi connectivity index (χ1) is 16.7. The van der Waals surface area contributed by atoms with Crippen molar-refractivity contribution in [1.29, 1.82) is 0 Å². The third kappa shape index (κ3) is 5.34. The van der Waals surface area contributed by atoms with Gasteiger partial charge in [-0.3, -0.25) is 0 Å². The lowest BCUT2D eigenvalue weighted by atomic mass is 9.95. The summed E-state index contributed by atoms with van der Waals surface area (Å²) in [6, 6.07) is 12.6. The molecule has 4 aromatic rings. The van der Waals surface area contributed by atoms with Gasteiger partial charge in [-0.15, -0.1) is 0 Å². The molecule has 35 heavy (non-hydrogen) atoms. The second-order valence-electron chi connectivity index (χ2n) is 9.39. The molecule has 2 aromatic heterocycles. The first-order valence-electron chi connectivity index (χ1n) is 11.9. The van der Waals surface area contributed by atoms with E-state index in [0.717, 1.165) is 39.9 Å². The summed E-state index contributed by atoms with van der Waals surface area (Å²) in [5.41, 5.74) is 5.39.